The first-order valence-electron chi connectivity index (χ1n) is 8.93. The number of carbonyl (C=O) groups is 1. The highest BCUT2D eigenvalue weighted by Gasteiger charge is 2.16. The minimum Gasteiger partial charge on any atom is -0.486 e. The van der Waals surface area contributed by atoms with Gasteiger partial charge in [0.15, 0.2) is 16.3 Å². The molecule has 2 heterocycles. The van der Waals surface area contributed by atoms with Crippen molar-refractivity contribution >= 4 is 39.2 Å². The molecule has 8 nitrogen and oxygen atoms in total. The van der Waals surface area contributed by atoms with Crippen LogP contribution < -0.4 is 14.3 Å². The van der Waals surface area contributed by atoms with Crippen molar-refractivity contribution in [3.8, 4) is 23.8 Å². The lowest BCUT2D eigenvalue weighted by molar-refractivity contribution is -0.384. The molecule has 150 valence electrons. The van der Waals surface area contributed by atoms with E-state index in [0.29, 0.717) is 35.1 Å². The maximum absolute atomic E-state index is 12.4. The van der Waals surface area contributed by atoms with E-state index < -0.39 is 10.8 Å². The molecule has 0 atom stereocenters. The van der Waals surface area contributed by atoms with Gasteiger partial charge >= 0.3 is 0 Å². The summed E-state index contributed by atoms with van der Waals surface area (Å²) in [6, 6.07) is 9.57. The highest BCUT2D eigenvalue weighted by molar-refractivity contribution is 7.16. The largest absolute Gasteiger partial charge is 0.486 e. The first-order chi connectivity index (χ1) is 14.5. The van der Waals surface area contributed by atoms with Gasteiger partial charge in [0.2, 0.25) is 0 Å². The zero-order chi connectivity index (χ0) is 21.1. The number of nitro groups is 1. The Kier molecular flexibility index (Phi) is 5.32. The van der Waals surface area contributed by atoms with Crippen LogP contribution >= 0.6 is 11.3 Å². The molecule has 0 spiro atoms. The second-order valence-electron chi connectivity index (χ2n) is 6.27. The number of fused-ring (bicyclic) bond motifs is 2. The van der Waals surface area contributed by atoms with Gasteiger partial charge in [0.05, 0.1) is 21.7 Å². The Hall–Kier alpha value is -3.90. The molecule has 1 amide bonds. The van der Waals surface area contributed by atoms with Crippen molar-refractivity contribution in [1.82, 2.24) is 4.57 Å². The van der Waals surface area contributed by atoms with Crippen LogP contribution in [0.3, 0.4) is 0 Å². The molecule has 1 aliphatic rings. The molecule has 0 N–H and O–H groups in total. The smallest absolute Gasteiger partial charge is 0.272 e. The van der Waals surface area contributed by atoms with Gasteiger partial charge in [-0.3, -0.25) is 14.9 Å². The lowest BCUT2D eigenvalue weighted by atomic mass is 10.2. The predicted octanol–water partition coefficient (Wildman–Crippen LogP) is 3.16. The van der Waals surface area contributed by atoms with Crippen LogP contribution in [-0.2, 0) is 11.3 Å². The first kappa shape index (κ1) is 19.4. The molecule has 0 fully saturated rings. The standard InChI is InChI=1S/C21H15N3O5S/c1-2-9-23-16-12-17-18(29-11-10-28-17)13-19(16)30-21(23)22-20(25)8-5-14-3-6-15(7-4-14)24(26)27/h1,3-8,12-13H,9-11H2/b8-5-,22-21?. The van der Waals surface area contributed by atoms with E-state index in [4.69, 9.17) is 15.9 Å². The summed E-state index contributed by atoms with van der Waals surface area (Å²) in [6.07, 6.45) is 8.36. The number of nitro benzene ring substituents is 1. The van der Waals surface area contributed by atoms with Gasteiger partial charge in [-0.05, 0) is 23.8 Å². The summed E-state index contributed by atoms with van der Waals surface area (Å²) in [5.41, 5.74) is 1.45. The van der Waals surface area contributed by atoms with Gasteiger partial charge in [-0.25, -0.2) is 0 Å². The number of ether oxygens (including phenoxy) is 2. The van der Waals surface area contributed by atoms with Crippen molar-refractivity contribution in [1.29, 1.82) is 0 Å². The van der Waals surface area contributed by atoms with Crippen LogP contribution in [0.4, 0.5) is 5.69 Å². The quantitative estimate of drug-likeness (QED) is 0.279. The summed E-state index contributed by atoms with van der Waals surface area (Å²) in [5, 5.41) is 10.7. The molecule has 2 aromatic carbocycles. The molecule has 0 bridgehead atoms. The number of aromatic nitrogens is 1. The molecule has 0 radical (unpaired) electrons. The highest BCUT2D eigenvalue weighted by Crippen LogP contribution is 2.35. The Morgan fingerprint density at radius 1 is 1.27 bits per heavy atom. The summed E-state index contributed by atoms with van der Waals surface area (Å²) < 4.78 is 13.9. The van der Waals surface area contributed by atoms with Crippen LogP contribution in [0.25, 0.3) is 16.3 Å². The number of benzene rings is 2. The van der Waals surface area contributed by atoms with Crippen molar-refractivity contribution in [2.45, 2.75) is 6.54 Å². The van der Waals surface area contributed by atoms with Crippen molar-refractivity contribution in [3.63, 3.8) is 0 Å². The molecule has 1 aromatic heterocycles. The Bertz CT molecular complexity index is 1280. The third kappa shape index (κ3) is 3.94. The molecule has 0 saturated heterocycles. The topological polar surface area (TPSA) is 96.0 Å². The number of nitrogens with zero attached hydrogens (tertiary/aromatic N) is 3. The monoisotopic (exact) mass is 421 g/mol. The molecule has 3 aromatic rings. The number of hydrogen-bond donors (Lipinski definition) is 0. The van der Waals surface area contributed by atoms with Crippen LogP contribution in [0, 0.1) is 22.5 Å². The molecule has 1 aliphatic heterocycles. The second kappa shape index (κ2) is 8.23. The fourth-order valence-corrected chi connectivity index (χ4v) is 3.99. The van der Waals surface area contributed by atoms with Gasteiger partial charge < -0.3 is 14.0 Å². The minimum absolute atomic E-state index is 0.0144. The van der Waals surface area contributed by atoms with Gasteiger partial charge in [-0.15, -0.1) is 6.42 Å². The van der Waals surface area contributed by atoms with E-state index in [9.17, 15) is 14.9 Å². The Labute approximate surface area is 174 Å². The van der Waals surface area contributed by atoms with Crippen LogP contribution in [0.2, 0.25) is 0 Å². The first-order valence-corrected chi connectivity index (χ1v) is 9.74. The molecule has 0 unspecified atom stereocenters. The summed E-state index contributed by atoms with van der Waals surface area (Å²) in [4.78, 5) is 27.2. The summed E-state index contributed by atoms with van der Waals surface area (Å²) >= 11 is 1.33. The summed E-state index contributed by atoms with van der Waals surface area (Å²) in [6.45, 7) is 1.20. The van der Waals surface area contributed by atoms with Crippen molar-refractivity contribution < 1.29 is 19.2 Å². The minimum atomic E-state index is -0.479. The van der Waals surface area contributed by atoms with E-state index >= 15 is 0 Å². The second-order valence-corrected chi connectivity index (χ2v) is 7.28. The van der Waals surface area contributed by atoms with E-state index in [1.807, 2.05) is 12.1 Å². The van der Waals surface area contributed by atoms with E-state index in [2.05, 4.69) is 10.9 Å². The Balaban J connectivity index is 1.67. The van der Waals surface area contributed by atoms with E-state index in [-0.39, 0.29) is 12.2 Å². The van der Waals surface area contributed by atoms with Crippen molar-refractivity contribution in [2.75, 3.05) is 13.2 Å². The summed E-state index contributed by atoms with van der Waals surface area (Å²) in [5.74, 6) is 3.40. The van der Waals surface area contributed by atoms with Gasteiger partial charge in [-0.2, -0.15) is 4.99 Å². The SMILES string of the molecule is C#CCn1c(=NC(=O)/C=C\c2ccc([N+](=O)[O-])cc2)sc2cc3c(cc21)OCCO3. The lowest BCUT2D eigenvalue weighted by Crippen LogP contribution is -2.17. The molecule has 30 heavy (non-hydrogen) atoms. The van der Waals surface area contributed by atoms with Crippen LogP contribution in [0.5, 0.6) is 11.5 Å². The number of terminal acetylenes is 1. The maximum Gasteiger partial charge on any atom is 0.272 e. The number of rotatable bonds is 4. The van der Waals surface area contributed by atoms with Crippen LogP contribution in [0.15, 0.2) is 47.5 Å². The average molecular weight is 421 g/mol. The lowest BCUT2D eigenvalue weighted by Gasteiger charge is -2.18. The van der Waals surface area contributed by atoms with Gasteiger partial charge in [0, 0.05) is 30.3 Å². The Morgan fingerprint density at radius 3 is 2.63 bits per heavy atom. The maximum atomic E-state index is 12.4. The van der Waals surface area contributed by atoms with E-state index in [1.54, 1.807) is 22.8 Å². The third-order valence-corrected chi connectivity index (χ3v) is 5.37. The normalized spacial score (nSPS) is 13.5. The van der Waals surface area contributed by atoms with Crippen molar-refractivity contribution in [3.05, 3.63) is 63.0 Å². The van der Waals surface area contributed by atoms with Gasteiger partial charge in [0.1, 0.15) is 13.2 Å². The zero-order valence-electron chi connectivity index (χ0n) is 15.6. The molecule has 0 saturated carbocycles. The van der Waals surface area contributed by atoms with Crippen LogP contribution in [-0.4, -0.2) is 28.6 Å². The summed E-state index contributed by atoms with van der Waals surface area (Å²) in [7, 11) is 0. The highest BCUT2D eigenvalue weighted by atomic mass is 32.1. The fraction of sp³-hybridized carbons (Fsp3) is 0.143. The van der Waals surface area contributed by atoms with E-state index in [0.717, 1.165) is 10.2 Å². The number of thiazole rings is 1. The zero-order valence-corrected chi connectivity index (χ0v) is 16.4. The number of hydrogen-bond acceptors (Lipinski definition) is 6. The predicted molar refractivity (Wildman–Crippen MR) is 112 cm³/mol. The number of amides is 1. The molecule has 9 heteroatoms. The molecule has 4 rings (SSSR count). The average Bonchev–Trinajstić information content (AvgIpc) is 3.07. The fourth-order valence-electron chi connectivity index (χ4n) is 2.94. The third-order valence-electron chi connectivity index (χ3n) is 4.32. The molecule has 0 aliphatic carbocycles. The number of non-ortho nitro benzene ring substituents is 1. The van der Waals surface area contributed by atoms with Gasteiger partial charge in [-0.1, -0.05) is 17.3 Å². The van der Waals surface area contributed by atoms with Crippen molar-refractivity contribution in [2.24, 2.45) is 4.99 Å². The Morgan fingerprint density at radius 2 is 1.97 bits per heavy atom. The van der Waals surface area contributed by atoms with Gasteiger partial charge in [0.25, 0.3) is 11.6 Å². The molecular formula is C21H15N3O5S. The number of carbonyl (C=O) groups excluding carboxylic acids is 1. The van der Waals surface area contributed by atoms with E-state index in [1.165, 1.54) is 29.5 Å². The van der Waals surface area contributed by atoms with Crippen LogP contribution in [0.1, 0.15) is 5.56 Å². The molecular weight excluding hydrogens is 406 g/mol.